The first-order valence-electron chi connectivity index (χ1n) is 8.10. The van der Waals surface area contributed by atoms with Gasteiger partial charge in [-0.1, -0.05) is 29.5 Å². The van der Waals surface area contributed by atoms with E-state index in [-0.39, 0.29) is 6.04 Å². The third-order valence-electron chi connectivity index (χ3n) is 4.16. The Morgan fingerprint density at radius 3 is 2.92 bits per heavy atom. The summed E-state index contributed by atoms with van der Waals surface area (Å²) in [7, 11) is 0. The van der Waals surface area contributed by atoms with Crippen molar-refractivity contribution in [1.82, 2.24) is 29.5 Å². The Kier molecular flexibility index (Phi) is 4.15. The van der Waals surface area contributed by atoms with E-state index in [0.29, 0.717) is 0 Å². The van der Waals surface area contributed by atoms with Crippen LogP contribution in [0.4, 0.5) is 0 Å². The minimum atomic E-state index is 0.265. The van der Waals surface area contributed by atoms with Crippen molar-refractivity contribution in [3.05, 3.63) is 60.9 Å². The molecule has 0 aliphatic carbocycles. The number of nitrogens with zero attached hydrogens (tertiary/aromatic N) is 6. The Balaban J connectivity index is 1.54. The predicted octanol–water partition coefficient (Wildman–Crippen LogP) is 3.83. The first-order valence-corrected chi connectivity index (χ1v) is 8.92. The zero-order valence-electron chi connectivity index (χ0n) is 14.1. The average Bonchev–Trinajstić information content (AvgIpc) is 3.36. The Morgan fingerprint density at radius 2 is 2.12 bits per heavy atom. The van der Waals surface area contributed by atoms with Gasteiger partial charge in [0.15, 0.2) is 0 Å². The van der Waals surface area contributed by atoms with Gasteiger partial charge in [-0.05, 0) is 19.4 Å². The second kappa shape index (κ2) is 6.60. The molecule has 1 atom stereocenters. The van der Waals surface area contributed by atoms with E-state index < -0.39 is 0 Å². The lowest BCUT2D eigenvalue weighted by Crippen LogP contribution is -2.12. The molecular weight excluding hydrogens is 332 g/mol. The molecular formula is C18H18N6S. The van der Waals surface area contributed by atoms with Crippen molar-refractivity contribution in [2.24, 2.45) is 0 Å². The highest BCUT2D eigenvalue weighted by Crippen LogP contribution is 2.32. The predicted molar refractivity (Wildman–Crippen MR) is 98.2 cm³/mol. The van der Waals surface area contributed by atoms with Crippen LogP contribution in [0.3, 0.4) is 0 Å². The Morgan fingerprint density at radius 1 is 1.24 bits per heavy atom. The van der Waals surface area contributed by atoms with E-state index >= 15 is 0 Å². The van der Waals surface area contributed by atoms with Gasteiger partial charge in [-0.3, -0.25) is 0 Å². The van der Waals surface area contributed by atoms with Gasteiger partial charge in [-0.2, -0.15) is 0 Å². The third-order valence-corrected chi connectivity index (χ3v) is 5.21. The van der Waals surface area contributed by atoms with Gasteiger partial charge in [0, 0.05) is 24.2 Å². The quantitative estimate of drug-likeness (QED) is 0.549. The maximum atomic E-state index is 4.56. The van der Waals surface area contributed by atoms with Gasteiger partial charge in [-0.25, -0.2) is 14.6 Å². The summed E-state index contributed by atoms with van der Waals surface area (Å²) in [4.78, 5) is 9.68. The fourth-order valence-electron chi connectivity index (χ4n) is 2.73. The van der Waals surface area contributed by atoms with Crippen LogP contribution in [0.1, 0.15) is 18.5 Å². The van der Waals surface area contributed by atoms with Crippen molar-refractivity contribution in [1.29, 1.82) is 0 Å². The van der Waals surface area contributed by atoms with Crippen LogP contribution in [0.15, 0.2) is 55.4 Å². The molecule has 0 spiro atoms. The number of thiazole rings is 1. The van der Waals surface area contributed by atoms with E-state index in [4.69, 9.17) is 0 Å². The molecule has 0 amide bonds. The molecule has 25 heavy (non-hydrogen) atoms. The number of hydrogen-bond acceptors (Lipinski definition) is 5. The summed E-state index contributed by atoms with van der Waals surface area (Å²) in [5.41, 5.74) is 3.25. The molecule has 0 saturated heterocycles. The van der Waals surface area contributed by atoms with Gasteiger partial charge in [0.1, 0.15) is 10.7 Å². The molecule has 4 rings (SSSR count). The smallest absolute Gasteiger partial charge is 0.124 e. The monoisotopic (exact) mass is 350 g/mol. The molecule has 0 unspecified atom stereocenters. The summed E-state index contributed by atoms with van der Waals surface area (Å²) in [5.74, 6) is 0. The van der Waals surface area contributed by atoms with Crippen molar-refractivity contribution < 1.29 is 0 Å². The van der Waals surface area contributed by atoms with Crippen LogP contribution in [0.25, 0.3) is 21.1 Å². The lowest BCUT2D eigenvalue weighted by atomic mass is 10.1. The summed E-state index contributed by atoms with van der Waals surface area (Å²) < 4.78 is 3.93. The number of rotatable bonds is 5. The Bertz CT molecular complexity index is 969. The number of benzene rings is 1. The van der Waals surface area contributed by atoms with Gasteiger partial charge >= 0.3 is 0 Å². The number of aromatic nitrogens is 6. The van der Waals surface area contributed by atoms with Crippen molar-refractivity contribution in [3.63, 3.8) is 0 Å². The first kappa shape index (κ1) is 15.7. The number of imidazole rings is 1. The van der Waals surface area contributed by atoms with Gasteiger partial charge in [0.25, 0.3) is 0 Å². The van der Waals surface area contributed by atoms with Crippen LogP contribution in [-0.2, 0) is 6.54 Å². The first-order chi connectivity index (χ1) is 12.2. The van der Waals surface area contributed by atoms with Crippen LogP contribution >= 0.6 is 11.3 Å². The van der Waals surface area contributed by atoms with E-state index in [1.807, 2.05) is 41.7 Å². The minimum Gasteiger partial charge on any atom is -0.333 e. The molecule has 3 aromatic heterocycles. The number of aryl methyl sites for hydroxylation is 1. The summed E-state index contributed by atoms with van der Waals surface area (Å²) in [6.45, 7) is 4.98. The molecule has 3 heterocycles. The summed E-state index contributed by atoms with van der Waals surface area (Å²) in [6.07, 6.45) is 9.41. The maximum Gasteiger partial charge on any atom is 0.124 e. The van der Waals surface area contributed by atoms with E-state index in [9.17, 15) is 0 Å². The van der Waals surface area contributed by atoms with E-state index in [1.54, 1.807) is 17.5 Å². The van der Waals surface area contributed by atoms with Crippen LogP contribution in [0.2, 0.25) is 0 Å². The average molecular weight is 350 g/mol. The summed E-state index contributed by atoms with van der Waals surface area (Å²) in [5, 5.41) is 9.57. The lowest BCUT2D eigenvalue weighted by molar-refractivity contribution is 0.429. The van der Waals surface area contributed by atoms with E-state index in [2.05, 4.69) is 50.8 Å². The van der Waals surface area contributed by atoms with Crippen LogP contribution in [0, 0.1) is 6.92 Å². The molecule has 126 valence electrons. The van der Waals surface area contributed by atoms with Crippen molar-refractivity contribution in [2.45, 2.75) is 26.4 Å². The normalized spacial score (nSPS) is 12.4. The van der Waals surface area contributed by atoms with Crippen molar-refractivity contribution >= 4 is 11.3 Å². The second-order valence-electron chi connectivity index (χ2n) is 6.03. The van der Waals surface area contributed by atoms with E-state index in [1.165, 1.54) is 11.1 Å². The van der Waals surface area contributed by atoms with Crippen molar-refractivity contribution in [3.8, 4) is 21.1 Å². The highest BCUT2D eigenvalue weighted by molar-refractivity contribution is 7.18. The molecule has 0 aliphatic rings. The Hall–Kier alpha value is -2.80. The molecule has 6 nitrogen and oxygen atoms in total. The molecule has 7 heteroatoms. The van der Waals surface area contributed by atoms with Gasteiger partial charge in [0.05, 0.1) is 30.0 Å². The fraction of sp³-hybridized carbons (Fsp3) is 0.222. The molecule has 0 aliphatic heterocycles. The third kappa shape index (κ3) is 3.23. The molecule has 0 fully saturated rings. The summed E-state index contributed by atoms with van der Waals surface area (Å²) in [6, 6.07) is 8.55. The van der Waals surface area contributed by atoms with Crippen LogP contribution < -0.4 is 0 Å². The Labute approximate surface area is 149 Å². The topological polar surface area (TPSA) is 61.4 Å². The molecule has 0 saturated carbocycles. The van der Waals surface area contributed by atoms with E-state index in [0.717, 1.165) is 22.1 Å². The zero-order valence-corrected chi connectivity index (χ0v) is 14.9. The molecule has 4 aromatic rings. The van der Waals surface area contributed by atoms with Gasteiger partial charge in [-0.15, -0.1) is 16.4 Å². The van der Waals surface area contributed by atoms with Crippen molar-refractivity contribution in [2.75, 3.05) is 0 Å². The lowest BCUT2D eigenvalue weighted by Gasteiger charge is -2.11. The fourth-order valence-corrected chi connectivity index (χ4v) is 3.68. The molecule has 1 aromatic carbocycles. The molecule has 0 bridgehead atoms. The van der Waals surface area contributed by atoms with Crippen LogP contribution in [-0.4, -0.2) is 29.5 Å². The standard InChI is InChI=1S/C18H18N6S/c1-13-5-3-4-6-15(13)18-20-9-17(25-18)16-11-24(22-21-16)10-14(2)23-8-7-19-12-23/h3-9,11-12,14H,10H2,1-2H3/t14-/m1/s1. The molecule has 0 radical (unpaired) electrons. The minimum absolute atomic E-state index is 0.265. The van der Waals surface area contributed by atoms with Gasteiger partial charge in [0.2, 0.25) is 0 Å². The zero-order chi connectivity index (χ0) is 17.2. The summed E-state index contributed by atoms with van der Waals surface area (Å²) >= 11 is 1.64. The largest absolute Gasteiger partial charge is 0.333 e. The van der Waals surface area contributed by atoms with Crippen LogP contribution in [0.5, 0.6) is 0 Å². The number of hydrogen-bond donors (Lipinski definition) is 0. The van der Waals surface area contributed by atoms with Gasteiger partial charge < -0.3 is 4.57 Å². The molecule has 0 N–H and O–H groups in total. The maximum absolute atomic E-state index is 4.56. The SMILES string of the molecule is Cc1ccccc1-c1ncc(-c2cn(C[C@@H](C)n3ccnc3)nn2)s1. The highest BCUT2D eigenvalue weighted by Gasteiger charge is 2.12. The highest BCUT2D eigenvalue weighted by atomic mass is 32.1. The second-order valence-corrected chi connectivity index (χ2v) is 7.06.